The van der Waals surface area contributed by atoms with E-state index in [0.717, 1.165) is 37.0 Å². The monoisotopic (exact) mass is 397 g/mol. The fraction of sp³-hybridized carbons (Fsp3) is 0.364. The van der Waals surface area contributed by atoms with Crippen LogP contribution in [-0.2, 0) is 11.3 Å². The van der Waals surface area contributed by atoms with Crippen LogP contribution >= 0.6 is 11.3 Å². The van der Waals surface area contributed by atoms with Crippen LogP contribution in [0.2, 0.25) is 0 Å². The number of aromatic nitrogens is 1. The van der Waals surface area contributed by atoms with Gasteiger partial charge in [-0.15, -0.1) is 11.3 Å². The molecule has 0 radical (unpaired) electrons. The smallest absolute Gasteiger partial charge is 0.236 e. The van der Waals surface area contributed by atoms with Crippen molar-refractivity contribution in [2.24, 2.45) is 0 Å². The number of hydrogen-bond donors (Lipinski definition) is 0. The quantitative estimate of drug-likeness (QED) is 0.645. The summed E-state index contributed by atoms with van der Waals surface area (Å²) >= 11 is 1.77. The van der Waals surface area contributed by atoms with Crippen molar-refractivity contribution in [3.8, 4) is 0 Å². The summed E-state index contributed by atoms with van der Waals surface area (Å²) < 4.78 is 14.3. The molecular formula is C22H24FN3OS. The van der Waals surface area contributed by atoms with Gasteiger partial charge in [0.15, 0.2) is 0 Å². The van der Waals surface area contributed by atoms with E-state index in [1.54, 1.807) is 35.4 Å². The van der Waals surface area contributed by atoms with Gasteiger partial charge in [0, 0.05) is 26.1 Å². The first kappa shape index (κ1) is 19.0. The summed E-state index contributed by atoms with van der Waals surface area (Å²) in [6.07, 6.45) is 2.20. The first-order valence-corrected chi connectivity index (χ1v) is 10.5. The molecule has 0 spiro atoms. The van der Waals surface area contributed by atoms with E-state index < -0.39 is 0 Å². The highest BCUT2D eigenvalue weighted by Gasteiger charge is 2.26. The molecule has 0 unspecified atom stereocenters. The molecule has 28 heavy (non-hydrogen) atoms. The number of carbonyl (C=O) groups excluding carboxylic acids is 1. The van der Waals surface area contributed by atoms with Gasteiger partial charge in [0.2, 0.25) is 5.91 Å². The summed E-state index contributed by atoms with van der Waals surface area (Å²) in [6, 6.07) is 14.6. The summed E-state index contributed by atoms with van der Waals surface area (Å²) in [5, 5.41) is 1.18. The summed E-state index contributed by atoms with van der Waals surface area (Å²) in [4.78, 5) is 21.4. The Hall–Kier alpha value is -2.31. The van der Waals surface area contributed by atoms with Gasteiger partial charge >= 0.3 is 0 Å². The van der Waals surface area contributed by atoms with Gasteiger partial charge in [-0.1, -0.05) is 24.3 Å². The van der Waals surface area contributed by atoms with Gasteiger partial charge in [0.25, 0.3) is 0 Å². The SMILES string of the molecule is CN(Cc1ccc(F)cc1)C(=O)CN1CCC[C@@H](c2nc3ccccc3s2)C1. The molecule has 0 N–H and O–H groups in total. The third-order valence-electron chi connectivity index (χ3n) is 5.28. The summed E-state index contributed by atoms with van der Waals surface area (Å²) in [5.74, 6) is 0.225. The molecule has 146 valence electrons. The number of para-hydroxylation sites is 1. The van der Waals surface area contributed by atoms with E-state index in [1.165, 1.54) is 21.8 Å². The molecule has 0 saturated carbocycles. The second kappa shape index (κ2) is 8.37. The molecule has 1 aromatic heterocycles. The highest BCUT2D eigenvalue weighted by Crippen LogP contribution is 2.32. The number of likely N-dealkylation sites (N-methyl/N-ethyl adjacent to an activating group) is 1. The molecule has 4 nitrogen and oxygen atoms in total. The van der Waals surface area contributed by atoms with Gasteiger partial charge < -0.3 is 4.90 Å². The number of thiazole rings is 1. The molecule has 1 atom stereocenters. The summed E-state index contributed by atoms with van der Waals surface area (Å²) in [6.45, 7) is 2.72. The highest BCUT2D eigenvalue weighted by atomic mass is 32.1. The average Bonchev–Trinajstić information content (AvgIpc) is 3.14. The average molecular weight is 398 g/mol. The largest absolute Gasteiger partial charge is 0.340 e. The predicted octanol–water partition coefficient (Wildman–Crippen LogP) is 4.27. The van der Waals surface area contributed by atoms with E-state index in [0.29, 0.717) is 19.0 Å². The van der Waals surface area contributed by atoms with E-state index in [-0.39, 0.29) is 11.7 Å². The molecule has 1 saturated heterocycles. The number of carbonyl (C=O) groups is 1. The highest BCUT2D eigenvalue weighted by molar-refractivity contribution is 7.18. The van der Waals surface area contributed by atoms with Crippen LogP contribution in [0.3, 0.4) is 0 Å². The van der Waals surface area contributed by atoms with Crippen LogP contribution in [0.15, 0.2) is 48.5 Å². The molecule has 4 rings (SSSR count). The van der Waals surface area contributed by atoms with Crippen molar-refractivity contribution >= 4 is 27.5 Å². The summed E-state index contributed by atoms with van der Waals surface area (Å²) in [7, 11) is 1.81. The summed E-state index contributed by atoms with van der Waals surface area (Å²) in [5.41, 5.74) is 2.00. The van der Waals surface area contributed by atoms with Crippen molar-refractivity contribution in [3.63, 3.8) is 0 Å². The minimum Gasteiger partial charge on any atom is -0.340 e. The Balaban J connectivity index is 1.36. The Labute approximate surface area is 168 Å². The number of fused-ring (bicyclic) bond motifs is 1. The standard InChI is InChI=1S/C22H24FN3OS/c1-25(13-16-8-10-18(23)11-9-16)21(27)15-26-12-4-5-17(14-26)22-24-19-6-2-3-7-20(19)28-22/h2-3,6-11,17H,4-5,12-15H2,1H3/t17-/m1/s1. The lowest BCUT2D eigenvalue weighted by Gasteiger charge is -2.32. The molecule has 2 heterocycles. The van der Waals surface area contributed by atoms with Crippen LogP contribution in [-0.4, -0.2) is 47.4 Å². The number of nitrogens with zero attached hydrogens (tertiary/aromatic N) is 3. The van der Waals surface area contributed by atoms with Gasteiger partial charge in [-0.05, 0) is 49.2 Å². The molecule has 1 aliphatic rings. The number of benzene rings is 2. The molecule has 1 fully saturated rings. The fourth-order valence-electron chi connectivity index (χ4n) is 3.73. The number of amides is 1. The minimum atomic E-state index is -0.257. The normalized spacial score (nSPS) is 17.7. The Morgan fingerprint density at radius 1 is 1.25 bits per heavy atom. The number of piperidine rings is 1. The zero-order valence-electron chi connectivity index (χ0n) is 16.0. The molecule has 0 bridgehead atoms. The minimum absolute atomic E-state index is 0.0919. The fourth-order valence-corrected chi connectivity index (χ4v) is 4.82. The number of halogens is 1. The van der Waals surface area contributed by atoms with Gasteiger partial charge in [0.1, 0.15) is 5.82 Å². The lowest BCUT2D eigenvalue weighted by molar-refractivity contribution is -0.131. The zero-order chi connectivity index (χ0) is 19.5. The predicted molar refractivity (Wildman–Crippen MR) is 111 cm³/mol. The Morgan fingerprint density at radius 3 is 2.82 bits per heavy atom. The van der Waals surface area contributed by atoms with E-state index in [2.05, 4.69) is 17.0 Å². The first-order chi connectivity index (χ1) is 13.6. The van der Waals surface area contributed by atoms with Gasteiger partial charge in [-0.2, -0.15) is 0 Å². The Kier molecular flexibility index (Phi) is 5.69. The van der Waals surface area contributed by atoms with E-state index in [1.807, 2.05) is 12.1 Å². The Bertz CT molecular complexity index is 923. The number of likely N-dealkylation sites (tertiary alicyclic amines) is 1. The van der Waals surface area contributed by atoms with Crippen molar-refractivity contribution in [1.29, 1.82) is 0 Å². The first-order valence-electron chi connectivity index (χ1n) is 9.65. The molecule has 1 amide bonds. The molecule has 6 heteroatoms. The van der Waals surface area contributed by atoms with Crippen LogP contribution in [0.4, 0.5) is 4.39 Å². The van der Waals surface area contributed by atoms with Crippen molar-refractivity contribution < 1.29 is 9.18 Å². The topological polar surface area (TPSA) is 36.4 Å². The maximum atomic E-state index is 13.0. The van der Waals surface area contributed by atoms with Crippen molar-refractivity contribution in [1.82, 2.24) is 14.8 Å². The molecule has 3 aromatic rings. The number of rotatable bonds is 5. The lowest BCUT2D eigenvalue weighted by atomic mass is 9.98. The molecule has 2 aromatic carbocycles. The third kappa shape index (κ3) is 4.39. The van der Waals surface area contributed by atoms with Crippen LogP contribution in [0.5, 0.6) is 0 Å². The van der Waals surface area contributed by atoms with E-state index in [9.17, 15) is 9.18 Å². The molecule has 1 aliphatic heterocycles. The second-order valence-corrected chi connectivity index (χ2v) is 8.53. The maximum Gasteiger partial charge on any atom is 0.236 e. The van der Waals surface area contributed by atoms with Gasteiger partial charge in [-0.3, -0.25) is 9.69 Å². The van der Waals surface area contributed by atoms with Gasteiger partial charge in [-0.25, -0.2) is 9.37 Å². The van der Waals surface area contributed by atoms with Crippen molar-refractivity contribution in [2.45, 2.75) is 25.3 Å². The molecule has 0 aliphatic carbocycles. The maximum absolute atomic E-state index is 13.0. The van der Waals surface area contributed by atoms with Crippen molar-refractivity contribution in [3.05, 3.63) is 64.9 Å². The van der Waals surface area contributed by atoms with Gasteiger partial charge in [0.05, 0.1) is 21.8 Å². The van der Waals surface area contributed by atoms with Crippen LogP contribution < -0.4 is 0 Å². The van der Waals surface area contributed by atoms with E-state index >= 15 is 0 Å². The van der Waals surface area contributed by atoms with Crippen LogP contribution in [0.1, 0.15) is 29.3 Å². The zero-order valence-corrected chi connectivity index (χ0v) is 16.8. The molecular weight excluding hydrogens is 373 g/mol. The third-order valence-corrected chi connectivity index (χ3v) is 6.48. The number of hydrogen-bond acceptors (Lipinski definition) is 4. The van der Waals surface area contributed by atoms with Crippen LogP contribution in [0, 0.1) is 5.82 Å². The lowest BCUT2D eigenvalue weighted by Crippen LogP contribution is -2.42. The Morgan fingerprint density at radius 2 is 2.04 bits per heavy atom. The van der Waals surface area contributed by atoms with Crippen LogP contribution in [0.25, 0.3) is 10.2 Å². The van der Waals surface area contributed by atoms with Crippen molar-refractivity contribution in [2.75, 3.05) is 26.7 Å². The van der Waals surface area contributed by atoms with E-state index in [4.69, 9.17) is 4.98 Å². The second-order valence-electron chi connectivity index (χ2n) is 7.47.